The summed E-state index contributed by atoms with van der Waals surface area (Å²) in [5.41, 5.74) is 3.77. The van der Waals surface area contributed by atoms with Gasteiger partial charge >= 0.3 is 11.9 Å². The van der Waals surface area contributed by atoms with Gasteiger partial charge in [0.2, 0.25) is 0 Å². The van der Waals surface area contributed by atoms with Crippen molar-refractivity contribution in [3.05, 3.63) is 41.5 Å². The minimum absolute atomic E-state index is 0.162. The van der Waals surface area contributed by atoms with Crippen LogP contribution in [0.3, 0.4) is 0 Å². The van der Waals surface area contributed by atoms with Crippen molar-refractivity contribution in [1.29, 1.82) is 0 Å². The molecule has 2 saturated carbocycles. The summed E-state index contributed by atoms with van der Waals surface area (Å²) < 4.78 is 18.0. The van der Waals surface area contributed by atoms with Crippen LogP contribution in [0.25, 0.3) is 20.8 Å². The standard InChI is InChI=1S/C31H37NO6S/c1-18-14-19(2)16-23(15-18)29-32-27-25(37-30(34)21-6-4-20(17-33)5-7-21)12-13-26(28(27)39-29)38-31(35)22-8-10-24(36-3)11-9-22/h12-16,20-22,24,33H,4-11,17H2,1-3H3. The molecule has 3 aromatic rings. The molecule has 0 amide bonds. The van der Waals surface area contributed by atoms with Crippen molar-refractivity contribution in [3.63, 3.8) is 0 Å². The van der Waals surface area contributed by atoms with Crippen LogP contribution < -0.4 is 9.47 Å². The van der Waals surface area contributed by atoms with Crippen molar-refractivity contribution >= 4 is 33.5 Å². The average Bonchev–Trinajstić information content (AvgIpc) is 3.40. The van der Waals surface area contributed by atoms with E-state index in [4.69, 9.17) is 19.2 Å². The highest BCUT2D eigenvalue weighted by Crippen LogP contribution is 2.42. The van der Waals surface area contributed by atoms with Crippen LogP contribution in [0.1, 0.15) is 62.5 Å². The molecule has 2 aliphatic carbocycles. The zero-order valence-electron chi connectivity index (χ0n) is 22.9. The molecule has 0 aliphatic heterocycles. The van der Waals surface area contributed by atoms with E-state index in [2.05, 4.69) is 18.2 Å². The Morgan fingerprint density at radius 2 is 1.44 bits per heavy atom. The highest BCUT2D eigenvalue weighted by atomic mass is 32.1. The van der Waals surface area contributed by atoms with E-state index in [1.807, 2.05) is 13.8 Å². The van der Waals surface area contributed by atoms with Gasteiger partial charge in [-0.1, -0.05) is 17.2 Å². The van der Waals surface area contributed by atoms with Crippen molar-refractivity contribution < 1.29 is 28.9 Å². The summed E-state index contributed by atoms with van der Waals surface area (Å²) >= 11 is 1.44. The number of hydrogen-bond acceptors (Lipinski definition) is 8. The zero-order valence-corrected chi connectivity index (χ0v) is 23.7. The number of nitrogens with zero attached hydrogens (tertiary/aromatic N) is 1. The van der Waals surface area contributed by atoms with Crippen molar-refractivity contribution in [2.45, 2.75) is 71.3 Å². The second-order valence-corrected chi connectivity index (χ2v) is 12.1. The first-order chi connectivity index (χ1) is 18.8. The van der Waals surface area contributed by atoms with Gasteiger partial charge in [0.15, 0.2) is 11.5 Å². The first-order valence-corrected chi connectivity index (χ1v) is 14.8. The zero-order chi connectivity index (χ0) is 27.5. The molecule has 2 aromatic carbocycles. The van der Waals surface area contributed by atoms with Gasteiger partial charge in [-0.3, -0.25) is 9.59 Å². The Labute approximate surface area is 233 Å². The molecule has 2 fully saturated rings. The number of hydrogen-bond donors (Lipinski definition) is 1. The molecule has 1 N–H and O–H groups in total. The van der Waals surface area contributed by atoms with E-state index < -0.39 is 0 Å². The SMILES string of the molecule is COC1CCC(C(=O)Oc2ccc(OC(=O)C3CCC(CO)CC3)c3nc(-c4cc(C)cc(C)c4)sc23)CC1. The number of aryl methyl sites for hydroxylation is 2. The van der Waals surface area contributed by atoms with E-state index in [-0.39, 0.29) is 42.4 Å². The molecule has 1 heterocycles. The fourth-order valence-electron chi connectivity index (χ4n) is 5.84. The molecule has 7 nitrogen and oxygen atoms in total. The highest BCUT2D eigenvalue weighted by molar-refractivity contribution is 7.22. The molecule has 2 aliphatic rings. The van der Waals surface area contributed by atoms with E-state index in [0.717, 1.165) is 60.2 Å². The number of esters is 2. The van der Waals surface area contributed by atoms with Crippen LogP contribution >= 0.6 is 11.3 Å². The van der Waals surface area contributed by atoms with Gasteiger partial charge < -0.3 is 19.3 Å². The molecule has 39 heavy (non-hydrogen) atoms. The molecule has 0 spiro atoms. The number of methoxy groups -OCH3 is 1. The lowest BCUT2D eigenvalue weighted by molar-refractivity contribution is -0.141. The van der Waals surface area contributed by atoms with E-state index in [0.29, 0.717) is 34.6 Å². The van der Waals surface area contributed by atoms with Crippen molar-refractivity contribution in [3.8, 4) is 22.1 Å². The van der Waals surface area contributed by atoms with Crippen molar-refractivity contribution in [2.75, 3.05) is 13.7 Å². The maximum Gasteiger partial charge on any atom is 0.314 e. The van der Waals surface area contributed by atoms with Gasteiger partial charge in [0.05, 0.1) is 17.9 Å². The summed E-state index contributed by atoms with van der Waals surface area (Å²) in [5, 5.41) is 10.2. The lowest BCUT2D eigenvalue weighted by Crippen LogP contribution is -2.28. The topological polar surface area (TPSA) is 95.0 Å². The van der Waals surface area contributed by atoms with Gasteiger partial charge in [0.1, 0.15) is 15.2 Å². The summed E-state index contributed by atoms with van der Waals surface area (Å²) in [7, 11) is 1.71. The van der Waals surface area contributed by atoms with E-state index in [1.165, 1.54) is 11.3 Å². The molecule has 5 rings (SSSR count). The predicted molar refractivity (Wildman–Crippen MR) is 151 cm³/mol. The molecular weight excluding hydrogens is 514 g/mol. The molecule has 0 atom stereocenters. The fraction of sp³-hybridized carbons (Fsp3) is 0.516. The van der Waals surface area contributed by atoms with Crippen LogP contribution in [0, 0.1) is 31.6 Å². The first kappa shape index (κ1) is 27.7. The number of carbonyl (C=O) groups is 2. The largest absolute Gasteiger partial charge is 0.425 e. The van der Waals surface area contributed by atoms with Crippen LogP contribution in [-0.4, -0.2) is 41.8 Å². The van der Waals surface area contributed by atoms with Crippen LogP contribution in [0.15, 0.2) is 30.3 Å². The van der Waals surface area contributed by atoms with Gasteiger partial charge in [-0.05, 0) is 95.4 Å². The molecule has 1 aromatic heterocycles. The predicted octanol–water partition coefficient (Wildman–Crippen LogP) is 6.39. The van der Waals surface area contributed by atoms with Gasteiger partial charge in [0, 0.05) is 19.3 Å². The van der Waals surface area contributed by atoms with Crippen LogP contribution in [0.4, 0.5) is 0 Å². The third-order valence-electron chi connectivity index (χ3n) is 8.14. The highest BCUT2D eigenvalue weighted by Gasteiger charge is 2.30. The minimum atomic E-state index is -0.270. The van der Waals surface area contributed by atoms with E-state index in [9.17, 15) is 14.7 Å². The number of thiazole rings is 1. The normalized spacial score (nSPS) is 23.5. The molecule has 0 saturated heterocycles. The number of carbonyl (C=O) groups excluding carboxylic acids is 2. The number of aromatic nitrogens is 1. The number of aliphatic hydroxyl groups excluding tert-OH is 1. The maximum atomic E-state index is 13.1. The minimum Gasteiger partial charge on any atom is -0.425 e. The molecule has 0 bridgehead atoms. The molecule has 8 heteroatoms. The summed E-state index contributed by atoms with van der Waals surface area (Å²) in [6.07, 6.45) is 6.43. The smallest absolute Gasteiger partial charge is 0.314 e. The van der Waals surface area contributed by atoms with E-state index >= 15 is 0 Å². The summed E-state index contributed by atoms with van der Waals surface area (Å²) in [5.74, 6) is 0.223. The Kier molecular flexibility index (Phi) is 8.64. The van der Waals surface area contributed by atoms with Gasteiger partial charge in [-0.25, -0.2) is 4.98 Å². The van der Waals surface area contributed by atoms with Crippen molar-refractivity contribution in [2.24, 2.45) is 17.8 Å². The first-order valence-electron chi connectivity index (χ1n) is 13.9. The number of benzene rings is 2. The summed E-state index contributed by atoms with van der Waals surface area (Å²) in [6.45, 7) is 4.26. The van der Waals surface area contributed by atoms with Gasteiger partial charge in [-0.2, -0.15) is 0 Å². The Bertz CT molecular complexity index is 1240. The van der Waals surface area contributed by atoms with E-state index in [1.54, 1.807) is 19.2 Å². The number of aliphatic hydroxyl groups is 1. The average molecular weight is 552 g/mol. The van der Waals surface area contributed by atoms with Crippen LogP contribution in [0.5, 0.6) is 11.5 Å². The number of ether oxygens (including phenoxy) is 3. The Morgan fingerprint density at radius 1 is 0.872 bits per heavy atom. The lowest BCUT2D eigenvalue weighted by Gasteiger charge is -2.26. The number of rotatable bonds is 7. The summed E-state index contributed by atoms with van der Waals surface area (Å²) in [6, 6.07) is 9.68. The third-order valence-corrected chi connectivity index (χ3v) is 9.26. The third kappa shape index (κ3) is 6.34. The Balaban J connectivity index is 1.43. The van der Waals surface area contributed by atoms with Gasteiger partial charge in [-0.15, -0.1) is 11.3 Å². The van der Waals surface area contributed by atoms with Crippen molar-refractivity contribution in [1.82, 2.24) is 4.98 Å². The van der Waals surface area contributed by atoms with Gasteiger partial charge in [0.25, 0.3) is 0 Å². The maximum absolute atomic E-state index is 13.1. The fourth-order valence-corrected chi connectivity index (χ4v) is 6.86. The molecule has 0 unspecified atom stereocenters. The lowest BCUT2D eigenvalue weighted by atomic mass is 9.82. The molecular formula is C31H37NO6S. The number of fused-ring (bicyclic) bond motifs is 1. The Hall–Kier alpha value is -2.81. The van der Waals surface area contributed by atoms with Crippen LogP contribution in [-0.2, 0) is 14.3 Å². The second-order valence-electron chi connectivity index (χ2n) is 11.1. The quantitative estimate of drug-likeness (QED) is 0.268. The Morgan fingerprint density at radius 3 is 2.03 bits per heavy atom. The molecule has 0 radical (unpaired) electrons. The van der Waals surface area contributed by atoms with Crippen LogP contribution in [0.2, 0.25) is 0 Å². The molecule has 208 valence electrons. The second kappa shape index (κ2) is 12.1. The monoisotopic (exact) mass is 551 g/mol. The summed E-state index contributed by atoms with van der Waals surface area (Å²) in [4.78, 5) is 31.1.